The number of rotatable bonds is 5. The van der Waals surface area contributed by atoms with E-state index >= 15 is 0 Å². The van der Waals surface area contributed by atoms with Crippen molar-refractivity contribution in [2.75, 3.05) is 23.9 Å². The van der Waals surface area contributed by atoms with E-state index in [1.807, 2.05) is 43.0 Å². The molecule has 0 spiro atoms. The van der Waals surface area contributed by atoms with Crippen LogP contribution in [0.5, 0.6) is 0 Å². The van der Waals surface area contributed by atoms with Crippen molar-refractivity contribution < 1.29 is 0 Å². The molecule has 1 heterocycles. The van der Waals surface area contributed by atoms with Gasteiger partial charge >= 0.3 is 0 Å². The van der Waals surface area contributed by atoms with Gasteiger partial charge in [0.1, 0.15) is 5.82 Å². The Labute approximate surface area is 106 Å². The summed E-state index contributed by atoms with van der Waals surface area (Å²) in [5, 5.41) is 3.35. The van der Waals surface area contributed by atoms with Crippen molar-refractivity contribution in [1.82, 2.24) is 9.97 Å². The fourth-order valence-corrected chi connectivity index (χ4v) is 2.11. The summed E-state index contributed by atoms with van der Waals surface area (Å²) in [4.78, 5) is 9.14. The van der Waals surface area contributed by atoms with Gasteiger partial charge in [-0.25, -0.2) is 9.97 Å². The van der Waals surface area contributed by atoms with Crippen molar-refractivity contribution in [3.05, 3.63) is 30.0 Å². The van der Waals surface area contributed by atoms with E-state index in [2.05, 4.69) is 21.5 Å². The van der Waals surface area contributed by atoms with Crippen molar-refractivity contribution in [2.45, 2.75) is 13.3 Å². The average molecular weight is 247 g/mol. The first-order valence-electron chi connectivity index (χ1n) is 5.77. The number of fused-ring (bicyclic) bond motifs is 1. The SMILES string of the molecule is CSCCCNc1nc2ccccc2nc1C. The number of thioether (sulfide) groups is 1. The maximum absolute atomic E-state index is 4.59. The van der Waals surface area contributed by atoms with Gasteiger partial charge in [0.05, 0.1) is 16.7 Å². The molecule has 0 aliphatic rings. The molecular weight excluding hydrogens is 230 g/mol. The second-order valence-corrected chi connectivity index (χ2v) is 4.91. The molecule has 2 aromatic rings. The molecule has 0 aliphatic carbocycles. The molecule has 1 aromatic heterocycles. The number of benzene rings is 1. The standard InChI is InChI=1S/C13H17N3S/c1-10-13(14-8-5-9-17-2)16-12-7-4-3-6-11(12)15-10/h3-4,6-7H,5,8-9H2,1-2H3,(H,14,16). The van der Waals surface area contributed by atoms with Crippen LogP contribution in [0.4, 0.5) is 5.82 Å². The van der Waals surface area contributed by atoms with Crippen LogP contribution in [0.3, 0.4) is 0 Å². The number of nitrogens with one attached hydrogen (secondary N) is 1. The van der Waals surface area contributed by atoms with E-state index in [0.717, 1.165) is 35.5 Å². The number of nitrogens with zero attached hydrogens (tertiary/aromatic N) is 2. The van der Waals surface area contributed by atoms with Crippen LogP contribution in [0, 0.1) is 6.92 Å². The summed E-state index contributed by atoms with van der Waals surface area (Å²) in [7, 11) is 0. The first-order chi connectivity index (χ1) is 8.31. The summed E-state index contributed by atoms with van der Waals surface area (Å²) in [6.07, 6.45) is 3.27. The van der Waals surface area contributed by atoms with E-state index in [1.54, 1.807) is 0 Å². The van der Waals surface area contributed by atoms with Gasteiger partial charge in [-0.05, 0) is 37.5 Å². The lowest BCUT2D eigenvalue weighted by atomic mass is 10.3. The van der Waals surface area contributed by atoms with Gasteiger partial charge in [-0.2, -0.15) is 11.8 Å². The van der Waals surface area contributed by atoms with Crippen molar-refractivity contribution in [2.24, 2.45) is 0 Å². The minimum atomic E-state index is 0.907. The predicted molar refractivity (Wildman–Crippen MR) is 75.8 cm³/mol. The predicted octanol–water partition coefficient (Wildman–Crippen LogP) is 3.10. The Morgan fingerprint density at radius 2 is 1.88 bits per heavy atom. The summed E-state index contributed by atoms with van der Waals surface area (Å²) >= 11 is 1.87. The number of hydrogen-bond donors (Lipinski definition) is 1. The lowest BCUT2D eigenvalue weighted by Crippen LogP contribution is -2.07. The largest absolute Gasteiger partial charge is 0.369 e. The molecule has 0 aliphatic heterocycles. The number of hydrogen-bond acceptors (Lipinski definition) is 4. The molecule has 90 valence electrons. The van der Waals surface area contributed by atoms with E-state index in [9.17, 15) is 0 Å². The fourth-order valence-electron chi connectivity index (χ4n) is 1.68. The zero-order valence-corrected chi connectivity index (χ0v) is 11.0. The normalized spacial score (nSPS) is 10.7. The minimum absolute atomic E-state index is 0.907. The highest BCUT2D eigenvalue weighted by atomic mass is 32.2. The monoisotopic (exact) mass is 247 g/mol. The molecule has 0 atom stereocenters. The third-order valence-corrected chi connectivity index (χ3v) is 3.26. The number of anilines is 1. The molecule has 0 unspecified atom stereocenters. The Kier molecular flexibility index (Phi) is 4.20. The summed E-state index contributed by atoms with van der Waals surface area (Å²) in [5.74, 6) is 2.08. The Balaban J connectivity index is 2.14. The Morgan fingerprint density at radius 1 is 1.18 bits per heavy atom. The molecule has 1 N–H and O–H groups in total. The second-order valence-electron chi connectivity index (χ2n) is 3.92. The van der Waals surface area contributed by atoms with Crippen LogP contribution in [0.2, 0.25) is 0 Å². The van der Waals surface area contributed by atoms with Gasteiger partial charge in [0.25, 0.3) is 0 Å². The molecule has 2 rings (SSSR count). The van der Waals surface area contributed by atoms with Gasteiger partial charge in [0.2, 0.25) is 0 Å². The molecule has 1 aromatic carbocycles. The Hall–Kier alpha value is -1.29. The topological polar surface area (TPSA) is 37.8 Å². The zero-order valence-electron chi connectivity index (χ0n) is 10.2. The van der Waals surface area contributed by atoms with Gasteiger partial charge in [-0.15, -0.1) is 0 Å². The average Bonchev–Trinajstić information content (AvgIpc) is 2.35. The van der Waals surface area contributed by atoms with Gasteiger partial charge in [0, 0.05) is 6.54 Å². The minimum Gasteiger partial charge on any atom is -0.369 e. The molecule has 0 saturated heterocycles. The van der Waals surface area contributed by atoms with Crippen LogP contribution in [-0.2, 0) is 0 Å². The highest BCUT2D eigenvalue weighted by molar-refractivity contribution is 7.98. The lowest BCUT2D eigenvalue weighted by molar-refractivity contribution is 0.974. The quantitative estimate of drug-likeness (QED) is 0.824. The van der Waals surface area contributed by atoms with Gasteiger partial charge in [-0.3, -0.25) is 0 Å². The van der Waals surface area contributed by atoms with Gasteiger partial charge in [0.15, 0.2) is 0 Å². The van der Waals surface area contributed by atoms with Crippen molar-refractivity contribution in [3.8, 4) is 0 Å². The van der Waals surface area contributed by atoms with Gasteiger partial charge in [-0.1, -0.05) is 12.1 Å². The van der Waals surface area contributed by atoms with Crippen LogP contribution in [0.15, 0.2) is 24.3 Å². The summed E-state index contributed by atoms with van der Waals surface area (Å²) in [6, 6.07) is 7.97. The first-order valence-corrected chi connectivity index (χ1v) is 7.17. The Morgan fingerprint density at radius 3 is 2.59 bits per heavy atom. The van der Waals surface area contributed by atoms with Crippen molar-refractivity contribution in [1.29, 1.82) is 0 Å². The molecule has 0 saturated carbocycles. The van der Waals surface area contributed by atoms with E-state index in [1.165, 1.54) is 5.75 Å². The molecule has 17 heavy (non-hydrogen) atoms. The maximum atomic E-state index is 4.59. The highest BCUT2D eigenvalue weighted by Crippen LogP contribution is 2.15. The van der Waals surface area contributed by atoms with Gasteiger partial charge < -0.3 is 5.32 Å². The van der Waals surface area contributed by atoms with Crippen LogP contribution >= 0.6 is 11.8 Å². The van der Waals surface area contributed by atoms with E-state index in [0.29, 0.717) is 0 Å². The van der Waals surface area contributed by atoms with Crippen LogP contribution in [-0.4, -0.2) is 28.5 Å². The third kappa shape index (κ3) is 3.09. The molecule has 0 amide bonds. The van der Waals surface area contributed by atoms with E-state index < -0.39 is 0 Å². The zero-order chi connectivity index (χ0) is 12.1. The van der Waals surface area contributed by atoms with Crippen LogP contribution in [0.1, 0.15) is 12.1 Å². The summed E-state index contributed by atoms with van der Waals surface area (Å²) < 4.78 is 0. The second kappa shape index (κ2) is 5.87. The van der Waals surface area contributed by atoms with E-state index in [4.69, 9.17) is 0 Å². The molecular formula is C13H17N3S. The van der Waals surface area contributed by atoms with Crippen molar-refractivity contribution in [3.63, 3.8) is 0 Å². The summed E-state index contributed by atoms with van der Waals surface area (Å²) in [6.45, 7) is 2.95. The van der Waals surface area contributed by atoms with Crippen LogP contribution in [0.25, 0.3) is 11.0 Å². The number of para-hydroxylation sites is 2. The molecule has 4 heteroatoms. The lowest BCUT2D eigenvalue weighted by Gasteiger charge is -2.08. The molecule has 0 fully saturated rings. The molecule has 0 bridgehead atoms. The third-order valence-electron chi connectivity index (χ3n) is 2.56. The Bertz CT molecular complexity index is 499. The molecule has 3 nitrogen and oxygen atoms in total. The maximum Gasteiger partial charge on any atom is 0.148 e. The highest BCUT2D eigenvalue weighted by Gasteiger charge is 2.03. The first kappa shape index (κ1) is 12.2. The van der Waals surface area contributed by atoms with E-state index in [-0.39, 0.29) is 0 Å². The fraction of sp³-hybridized carbons (Fsp3) is 0.385. The number of aromatic nitrogens is 2. The van der Waals surface area contributed by atoms with Crippen molar-refractivity contribution >= 4 is 28.6 Å². The van der Waals surface area contributed by atoms with Crippen LogP contribution < -0.4 is 5.32 Å². The number of aryl methyl sites for hydroxylation is 1. The smallest absolute Gasteiger partial charge is 0.148 e. The summed E-state index contributed by atoms with van der Waals surface area (Å²) in [5.41, 5.74) is 2.87. The molecule has 0 radical (unpaired) electrons.